The molecule has 218 valence electrons. The average molecular weight is 547 g/mol. The second-order valence-electron chi connectivity index (χ2n) is 17.2. The second-order valence-corrected chi connectivity index (χ2v) is 17.2. The van der Waals surface area contributed by atoms with Crippen LogP contribution in [0.1, 0.15) is 115 Å². The van der Waals surface area contributed by atoms with Crippen LogP contribution in [0.15, 0.2) is 6.07 Å². The molecule has 0 aromatic heterocycles. The van der Waals surface area contributed by atoms with E-state index in [1.807, 2.05) is 0 Å². The van der Waals surface area contributed by atoms with Crippen LogP contribution < -0.4 is 9.47 Å². The van der Waals surface area contributed by atoms with E-state index < -0.39 is 0 Å². The van der Waals surface area contributed by atoms with Crippen molar-refractivity contribution in [2.45, 2.75) is 126 Å². The number of hydrogen-bond donors (Lipinski definition) is 0. The first-order valence-electron chi connectivity index (χ1n) is 17.0. The van der Waals surface area contributed by atoms with Gasteiger partial charge >= 0.3 is 0 Å². The summed E-state index contributed by atoms with van der Waals surface area (Å²) < 4.78 is 25.5. The highest BCUT2D eigenvalue weighted by molar-refractivity contribution is 5.62. The Morgan fingerprint density at radius 1 is 0.675 bits per heavy atom. The third-order valence-electron chi connectivity index (χ3n) is 12.8. The summed E-state index contributed by atoms with van der Waals surface area (Å²) in [4.78, 5) is 0. The first kappa shape index (κ1) is 25.3. The highest BCUT2D eigenvalue weighted by Crippen LogP contribution is 2.67. The molecule has 0 spiro atoms. The number of ether oxygens (including phenoxy) is 4. The average Bonchev–Trinajstić information content (AvgIpc) is 3.79. The zero-order chi connectivity index (χ0) is 26.9. The molecule has 2 aliphatic heterocycles. The molecular formula is C36H50O4. The molecule has 11 rings (SSSR count). The zero-order valence-electron chi connectivity index (χ0n) is 25.1. The molecule has 1 aromatic carbocycles. The molecule has 2 unspecified atom stereocenters. The van der Waals surface area contributed by atoms with Gasteiger partial charge in [0.2, 0.25) is 0 Å². The Hall–Kier alpha value is -1.26. The molecule has 40 heavy (non-hydrogen) atoms. The summed E-state index contributed by atoms with van der Waals surface area (Å²) in [6, 6.07) is 2.53. The van der Waals surface area contributed by atoms with E-state index in [0.29, 0.717) is 13.2 Å². The molecule has 0 N–H and O–H groups in total. The largest absolute Gasteiger partial charge is 0.490 e. The summed E-state index contributed by atoms with van der Waals surface area (Å²) in [5.41, 5.74) is 5.07. The highest BCUT2D eigenvalue weighted by Gasteiger charge is 2.57. The van der Waals surface area contributed by atoms with Crippen LogP contribution in [0, 0.1) is 35.5 Å². The maximum absolute atomic E-state index is 7.19. The van der Waals surface area contributed by atoms with Crippen molar-refractivity contribution in [3.05, 3.63) is 22.8 Å². The Morgan fingerprint density at radius 2 is 1.10 bits per heavy atom. The van der Waals surface area contributed by atoms with Crippen molar-refractivity contribution in [1.82, 2.24) is 0 Å². The van der Waals surface area contributed by atoms with E-state index in [4.69, 9.17) is 18.9 Å². The van der Waals surface area contributed by atoms with Gasteiger partial charge in [-0.2, -0.15) is 0 Å². The van der Waals surface area contributed by atoms with Crippen molar-refractivity contribution in [2.75, 3.05) is 26.4 Å². The van der Waals surface area contributed by atoms with Gasteiger partial charge in [-0.25, -0.2) is 0 Å². The fraction of sp³-hybridized carbons (Fsp3) is 0.833. The molecular weight excluding hydrogens is 496 g/mol. The van der Waals surface area contributed by atoms with Crippen molar-refractivity contribution in [3.8, 4) is 11.5 Å². The van der Waals surface area contributed by atoms with Crippen molar-refractivity contribution in [3.63, 3.8) is 0 Å². The van der Waals surface area contributed by atoms with Crippen LogP contribution in [0.4, 0.5) is 0 Å². The lowest BCUT2D eigenvalue weighted by Gasteiger charge is -2.59. The van der Waals surface area contributed by atoms with Gasteiger partial charge in [0, 0.05) is 22.1 Å². The molecule has 10 aliphatic rings. The van der Waals surface area contributed by atoms with Gasteiger partial charge in [0.05, 0.1) is 13.2 Å². The Morgan fingerprint density at radius 3 is 1.52 bits per heavy atom. The molecule has 0 amide bonds. The minimum absolute atomic E-state index is 0.0212. The van der Waals surface area contributed by atoms with Gasteiger partial charge in [0.1, 0.15) is 36.9 Å². The van der Waals surface area contributed by atoms with Crippen molar-refractivity contribution >= 4 is 0 Å². The molecule has 8 aliphatic carbocycles. The maximum Gasteiger partial charge on any atom is 0.127 e. The van der Waals surface area contributed by atoms with Gasteiger partial charge in [0.15, 0.2) is 0 Å². The number of rotatable bonds is 8. The Bertz CT molecular complexity index is 1110. The number of hydrogen-bond acceptors (Lipinski definition) is 4. The normalized spacial score (nSPS) is 45.7. The fourth-order valence-corrected chi connectivity index (χ4v) is 12.1. The quantitative estimate of drug-likeness (QED) is 0.317. The first-order valence-corrected chi connectivity index (χ1v) is 17.0. The predicted octanol–water partition coefficient (Wildman–Crippen LogP) is 7.47. The smallest absolute Gasteiger partial charge is 0.127 e. The molecule has 2 saturated heterocycles. The SMILES string of the molecule is CC(C)(C)c1c(OCC2CO2)cc(C23CC4CC(CC(C4)C2)C3)c(OCC2CO2)c1C12CC3CC(CC(C3)C1)C2. The monoisotopic (exact) mass is 546 g/mol. The predicted molar refractivity (Wildman–Crippen MR) is 155 cm³/mol. The van der Waals surface area contributed by atoms with Crippen LogP contribution >= 0.6 is 0 Å². The molecule has 1 aromatic rings. The van der Waals surface area contributed by atoms with Gasteiger partial charge in [-0.15, -0.1) is 0 Å². The number of benzene rings is 1. The van der Waals surface area contributed by atoms with Crippen LogP contribution in [-0.2, 0) is 25.7 Å². The Balaban J connectivity index is 1.27. The molecule has 2 atom stereocenters. The fourth-order valence-electron chi connectivity index (χ4n) is 12.1. The molecule has 4 nitrogen and oxygen atoms in total. The minimum atomic E-state index is -0.0212. The summed E-state index contributed by atoms with van der Waals surface area (Å²) >= 11 is 0. The lowest BCUT2D eigenvalue weighted by molar-refractivity contribution is -0.0117. The third-order valence-corrected chi connectivity index (χ3v) is 12.8. The lowest BCUT2D eigenvalue weighted by atomic mass is 9.45. The molecule has 0 radical (unpaired) electrons. The minimum Gasteiger partial charge on any atom is -0.490 e. The number of epoxide rings is 2. The lowest BCUT2D eigenvalue weighted by Crippen LogP contribution is -2.51. The summed E-state index contributed by atoms with van der Waals surface area (Å²) in [6.45, 7) is 10.4. The second kappa shape index (κ2) is 8.65. The van der Waals surface area contributed by atoms with Crippen LogP contribution in [-0.4, -0.2) is 38.6 Å². The van der Waals surface area contributed by atoms with E-state index >= 15 is 0 Å². The highest BCUT2D eigenvalue weighted by atomic mass is 16.6. The van der Waals surface area contributed by atoms with Crippen LogP contribution in [0.3, 0.4) is 0 Å². The van der Waals surface area contributed by atoms with Crippen molar-refractivity contribution in [1.29, 1.82) is 0 Å². The molecule has 8 bridgehead atoms. The van der Waals surface area contributed by atoms with Gasteiger partial charge in [-0.05, 0) is 129 Å². The maximum atomic E-state index is 7.19. The molecule has 8 saturated carbocycles. The molecule has 10 fully saturated rings. The summed E-state index contributed by atoms with van der Waals surface area (Å²) in [6.07, 6.45) is 17.5. The van der Waals surface area contributed by atoms with Crippen molar-refractivity contribution in [2.24, 2.45) is 35.5 Å². The van der Waals surface area contributed by atoms with E-state index in [-0.39, 0.29) is 28.5 Å². The summed E-state index contributed by atoms with van der Waals surface area (Å²) in [5.74, 6) is 7.86. The summed E-state index contributed by atoms with van der Waals surface area (Å²) in [7, 11) is 0. The molecule has 4 heteroatoms. The van der Waals surface area contributed by atoms with E-state index in [0.717, 1.165) is 54.5 Å². The van der Waals surface area contributed by atoms with Gasteiger partial charge in [0.25, 0.3) is 0 Å². The third kappa shape index (κ3) is 4.12. The van der Waals surface area contributed by atoms with Crippen LogP contribution in [0.5, 0.6) is 11.5 Å². The van der Waals surface area contributed by atoms with Crippen LogP contribution in [0.2, 0.25) is 0 Å². The van der Waals surface area contributed by atoms with Crippen LogP contribution in [0.25, 0.3) is 0 Å². The first-order chi connectivity index (χ1) is 19.3. The van der Waals surface area contributed by atoms with Gasteiger partial charge in [-0.1, -0.05) is 20.8 Å². The van der Waals surface area contributed by atoms with Gasteiger partial charge < -0.3 is 18.9 Å². The molecule has 2 heterocycles. The zero-order valence-corrected chi connectivity index (χ0v) is 25.1. The van der Waals surface area contributed by atoms with Crippen molar-refractivity contribution < 1.29 is 18.9 Å². The summed E-state index contributed by atoms with van der Waals surface area (Å²) in [5, 5.41) is 0. The Labute approximate surface area is 241 Å². The van der Waals surface area contributed by atoms with E-state index in [1.54, 1.807) is 5.56 Å². The standard InChI is InChI=1S/C36H50O4/c1-34(2,3)31-30(39-19-27-17-37-27)10-29(35-11-21-4-22(12-35)6-23(5-21)13-35)33(40-20-28-18-38-28)32(31)36-14-24-7-25(15-36)9-26(8-24)16-36/h10,21-28H,4-9,11-20H2,1-3H3. The van der Waals surface area contributed by atoms with E-state index in [9.17, 15) is 0 Å². The Kier molecular flexibility index (Phi) is 5.46. The van der Waals surface area contributed by atoms with E-state index in [1.165, 1.54) is 93.9 Å². The topological polar surface area (TPSA) is 43.5 Å². The van der Waals surface area contributed by atoms with Gasteiger partial charge in [-0.3, -0.25) is 0 Å². The van der Waals surface area contributed by atoms with E-state index in [2.05, 4.69) is 26.8 Å².